The molecule has 7 nitrogen and oxygen atoms in total. The predicted octanol–water partition coefficient (Wildman–Crippen LogP) is 4.38. The first kappa shape index (κ1) is 19.6. The van der Waals surface area contributed by atoms with Crippen molar-refractivity contribution in [1.82, 2.24) is 24.5 Å². The highest BCUT2D eigenvalue weighted by molar-refractivity contribution is 5.82. The summed E-state index contributed by atoms with van der Waals surface area (Å²) < 4.78 is 7.53. The molecule has 33 heavy (non-hydrogen) atoms. The van der Waals surface area contributed by atoms with Gasteiger partial charge in [-0.3, -0.25) is 4.57 Å². The number of benzene rings is 2. The number of hydrogen-bond acceptors (Lipinski definition) is 6. The highest BCUT2D eigenvalue weighted by atomic mass is 16.5. The minimum atomic E-state index is 0.565. The summed E-state index contributed by atoms with van der Waals surface area (Å²) in [4.78, 5) is 21.1. The van der Waals surface area contributed by atoms with Crippen molar-refractivity contribution in [1.29, 1.82) is 0 Å². The van der Waals surface area contributed by atoms with Gasteiger partial charge in [0.15, 0.2) is 17.3 Å². The van der Waals surface area contributed by atoms with Crippen LogP contribution in [0.25, 0.3) is 39.8 Å². The lowest BCUT2D eigenvalue weighted by atomic mass is 10.1. The molecule has 0 spiro atoms. The van der Waals surface area contributed by atoms with Gasteiger partial charge in [0, 0.05) is 42.4 Å². The Morgan fingerprint density at radius 1 is 0.727 bits per heavy atom. The zero-order chi connectivity index (χ0) is 22.0. The lowest BCUT2D eigenvalue weighted by molar-refractivity contribution is 0.122. The molecule has 162 valence electrons. The van der Waals surface area contributed by atoms with Crippen molar-refractivity contribution in [3.05, 3.63) is 85.2 Å². The quantitative estimate of drug-likeness (QED) is 0.418. The summed E-state index contributed by atoms with van der Waals surface area (Å²) in [5.41, 5.74) is 5.70. The Kier molecular flexibility index (Phi) is 5.01. The van der Waals surface area contributed by atoms with Crippen molar-refractivity contribution in [2.45, 2.75) is 0 Å². The van der Waals surface area contributed by atoms with Crippen LogP contribution in [0.5, 0.6) is 0 Å². The van der Waals surface area contributed by atoms with Crippen molar-refractivity contribution >= 4 is 16.9 Å². The molecule has 0 N–H and O–H groups in total. The van der Waals surface area contributed by atoms with Gasteiger partial charge in [-0.15, -0.1) is 0 Å². The monoisotopic (exact) mass is 434 g/mol. The van der Waals surface area contributed by atoms with Gasteiger partial charge in [0.2, 0.25) is 0 Å². The van der Waals surface area contributed by atoms with Gasteiger partial charge < -0.3 is 9.64 Å². The Labute approximate surface area is 191 Å². The van der Waals surface area contributed by atoms with E-state index in [1.165, 1.54) is 5.69 Å². The lowest BCUT2D eigenvalue weighted by Crippen LogP contribution is -2.36. The number of para-hydroxylation sites is 1. The summed E-state index contributed by atoms with van der Waals surface area (Å²) in [6.07, 6.45) is 3.46. The summed E-state index contributed by atoms with van der Waals surface area (Å²) in [6.45, 7) is 3.32. The van der Waals surface area contributed by atoms with Crippen LogP contribution in [-0.2, 0) is 4.74 Å². The number of rotatable bonds is 4. The number of fused-ring (bicyclic) bond motifs is 1. The lowest BCUT2D eigenvalue weighted by Gasteiger charge is -2.29. The fraction of sp³-hybridized carbons (Fsp3) is 0.154. The highest BCUT2D eigenvalue weighted by Crippen LogP contribution is 2.29. The van der Waals surface area contributed by atoms with Gasteiger partial charge in [0.05, 0.1) is 18.9 Å². The Hall–Kier alpha value is -4.10. The molecule has 3 aromatic heterocycles. The molecule has 0 atom stereocenters. The number of nitrogens with zero attached hydrogens (tertiary/aromatic N) is 6. The molecule has 4 heterocycles. The molecule has 0 saturated carbocycles. The third-order valence-electron chi connectivity index (χ3n) is 5.80. The summed E-state index contributed by atoms with van der Waals surface area (Å²) in [5.74, 6) is 1.23. The van der Waals surface area contributed by atoms with Crippen LogP contribution in [0, 0.1) is 0 Å². The maximum absolute atomic E-state index is 5.50. The topological polar surface area (TPSA) is 69.0 Å². The van der Waals surface area contributed by atoms with Crippen molar-refractivity contribution in [3.63, 3.8) is 0 Å². The van der Waals surface area contributed by atoms with Crippen LogP contribution >= 0.6 is 0 Å². The molecular formula is C26H22N6O. The molecular weight excluding hydrogens is 412 g/mol. The number of morpholine rings is 1. The van der Waals surface area contributed by atoms with Crippen molar-refractivity contribution in [3.8, 4) is 28.6 Å². The smallest absolute Gasteiger partial charge is 0.196 e. The van der Waals surface area contributed by atoms with Crippen LogP contribution in [0.15, 0.2) is 85.2 Å². The molecule has 0 radical (unpaired) electrons. The molecule has 0 unspecified atom stereocenters. The first-order valence-corrected chi connectivity index (χ1v) is 11.0. The maximum Gasteiger partial charge on any atom is 0.196 e. The van der Waals surface area contributed by atoms with Crippen LogP contribution in [-0.4, -0.2) is 50.8 Å². The average Bonchev–Trinajstić information content (AvgIpc) is 3.29. The molecule has 1 fully saturated rings. The SMILES string of the molecule is c1ccc(-n2c(-c3ncccn3)nc3ccc(-c4cccc(N5CCOCC5)c4)nc32)cc1. The van der Waals surface area contributed by atoms with Gasteiger partial charge in [-0.05, 0) is 42.5 Å². The van der Waals surface area contributed by atoms with Crippen LogP contribution in [0.3, 0.4) is 0 Å². The van der Waals surface area contributed by atoms with Gasteiger partial charge in [-0.1, -0.05) is 30.3 Å². The van der Waals surface area contributed by atoms with Crippen LogP contribution in [0.1, 0.15) is 0 Å². The third-order valence-corrected chi connectivity index (χ3v) is 5.80. The van der Waals surface area contributed by atoms with E-state index < -0.39 is 0 Å². The number of imidazole rings is 1. The molecule has 6 rings (SSSR count). The predicted molar refractivity (Wildman–Crippen MR) is 128 cm³/mol. The van der Waals surface area contributed by atoms with Crippen molar-refractivity contribution < 1.29 is 4.74 Å². The maximum atomic E-state index is 5.50. The van der Waals surface area contributed by atoms with E-state index in [4.69, 9.17) is 14.7 Å². The number of pyridine rings is 1. The molecule has 0 bridgehead atoms. The Morgan fingerprint density at radius 3 is 2.33 bits per heavy atom. The second kappa shape index (κ2) is 8.44. The Balaban J connectivity index is 1.50. The fourth-order valence-corrected chi connectivity index (χ4v) is 4.19. The summed E-state index contributed by atoms with van der Waals surface area (Å²) >= 11 is 0. The van der Waals surface area contributed by atoms with E-state index in [2.05, 4.69) is 39.1 Å². The molecule has 5 aromatic rings. The first-order chi connectivity index (χ1) is 16.4. The number of aromatic nitrogens is 5. The van der Waals surface area contributed by atoms with Crippen LogP contribution < -0.4 is 4.90 Å². The largest absolute Gasteiger partial charge is 0.378 e. The van der Waals surface area contributed by atoms with Crippen molar-refractivity contribution in [2.24, 2.45) is 0 Å². The minimum absolute atomic E-state index is 0.565. The van der Waals surface area contributed by atoms with Gasteiger partial charge >= 0.3 is 0 Å². The Morgan fingerprint density at radius 2 is 1.52 bits per heavy atom. The van der Waals surface area contributed by atoms with Gasteiger partial charge in [0.25, 0.3) is 0 Å². The summed E-state index contributed by atoms with van der Waals surface area (Å²) in [6, 6.07) is 24.5. The van der Waals surface area contributed by atoms with E-state index in [-0.39, 0.29) is 0 Å². The van der Waals surface area contributed by atoms with E-state index in [1.54, 1.807) is 18.5 Å². The fourth-order valence-electron chi connectivity index (χ4n) is 4.19. The number of anilines is 1. The minimum Gasteiger partial charge on any atom is -0.378 e. The highest BCUT2D eigenvalue weighted by Gasteiger charge is 2.18. The van der Waals surface area contributed by atoms with E-state index in [1.807, 2.05) is 47.0 Å². The molecule has 2 aromatic carbocycles. The number of ether oxygens (including phenoxy) is 1. The molecule has 1 saturated heterocycles. The van der Waals surface area contributed by atoms with Crippen molar-refractivity contribution in [2.75, 3.05) is 31.2 Å². The molecule has 1 aliphatic rings. The molecule has 0 amide bonds. The van der Waals surface area contributed by atoms with Crippen LogP contribution in [0.4, 0.5) is 5.69 Å². The summed E-state index contributed by atoms with van der Waals surface area (Å²) in [7, 11) is 0. The van der Waals surface area contributed by atoms with E-state index >= 15 is 0 Å². The van der Waals surface area contributed by atoms with Gasteiger partial charge in [-0.2, -0.15) is 0 Å². The second-order valence-electron chi connectivity index (χ2n) is 7.87. The average molecular weight is 435 g/mol. The molecule has 0 aliphatic carbocycles. The van der Waals surface area contributed by atoms with E-state index in [9.17, 15) is 0 Å². The van der Waals surface area contributed by atoms with E-state index in [0.29, 0.717) is 11.6 Å². The second-order valence-corrected chi connectivity index (χ2v) is 7.87. The number of hydrogen-bond donors (Lipinski definition) is 0. The van der Waals surface area contributed by atoms with Gasteiger partial charge in [0.1, 0.15) is 5.52 Å². The standard InChI is InChI=1S/C26H22N6O/c1-2-7-20(8-3-1)32-25-23(30-26(32)24-27-12-5-13-28-24)11-10-22(29-25)19-6-4-9-21(18-19)31-14-16-33-17-15-31/h1-13,18H,14-17H2. The van der Waals surface area contributed by atoms with Crippen LogP contribution in [0.2, 0.25) is 0 Å². The summed E-state index contributed by atoms with van der Waals surface area (Å²) in [5, 5.41) is 0. The van der Waals surface area contributed by atoms with E-state index in [0.717, 1.165) is 54.4 Å². The Bertz CT molecular complexity index is 1390. The van der Waals surface area contributed by atoms with Gasteiger partial charge in [-0.25, -0.2) is 19.9 Å². The first-order valence-electron chi connectivity index (χ1n) is 11.0. The normalized spacial score (nSPS) is 14.0. The molecule has 7 heteroatoms. The molecule has 1 aliphatic heterocycles. The zero-order valence-electron chi connectivity index (χ0n) is 18.0. The zero-order valence-corrected chi connectivity index (χ0v) is 18.0. The third kappa shape index (κ3) is 3.72.